The first kappa shape index (κ1) is 17.8. The van der Waals surface area contributed by atoms with E-state index in [1.54, 1.807) is 14.2 Å². The summed E-state index contributed by atoms with van der Waals surface area (Å²) in [5, 5.41) is 5.16. The molecule has 0 bridgehead atoms. The standard InChI is InChI=1S/C22H23NO3/c1-15(24)23-13-12-17-7-4-6-16-10-11-20(26-3)22(21(16)17)18-8-5-9-19(14-18)25-2/h4-11,14H,12-13H2,1-3H3,(H,23,24). The van der Waals surface area contributed by atoms with Crippen LogP contribution in [-0.2, 0) is 11.2 Å². The van der Waals surface area contributed by atoms with E-state index in [4.69, 9.17) is 9.47 Å². The Kier molecular flexibility index (Phi) is 5.42. The zero-order chi connectivity index (χ0) is 18.5. The van der Waals surface area contributed by atoms with Crippen LogP contribution in [0.5, 0.6) is 11.5 Å². The van der Waals surface area contributed by atoms with Gasteiger partial charge in [-0.25, -0.2) is 0 Å². The van der Waals surface area contributed by atoms with Gasteiger partial charge in [-0.2, -0.15) is 0 Å². The molecule has 0 saturated heterocycles. The predicted molar refractivity (Wildman–Crippen MR) is 105 cm³/mol. The Morgan fingerprint density at radius 1 is 1.00 bits per heavy atom. The number of methoxy groups -OCH3 is 2. The quantitative estimate of drug-likeness (QED) is 0.725. The Bertz CT molecular complexity index is 934. The van der Waals surface area contributed by atoms with Gasteiger partial charge in [0.1, 0.15) is 11.5 Å². The molecule has 0 fully saturated rings. The van der Waals surface area contributed by atoms with E-state index in [1.165, 1.54) is 12.5 Å². The first-order valence-electron chi connectivity index (χ1n) is 8.61. The fourth-order valence-corrected chi connectivity index (χ4v) is 3.25. The molecule has 26 heavy (non-hydrogen) atoms. The van der Waals surface area contributed by atoms with E-state index in [2.05, 4.69) is 29.6 Å². The van der Waals surface area contributed by atoms with Crippen molar-refractivity contribution in [1.29, 1.82) is 0 Å². The highest BCUT2D eigenvalue weighted by molar-refractivity contribution is 6.02. The lowest BCUT2D eigenvalue weighted by molar-refractivity contribution is -0.118. The first-order chi connectivity index (χ1) is 12.6. The Balaban J connectivity index is 2.19. The summed E-state index contributed by atoms with van der Waals surface area (Å²) in [7, 11) is 3.35. The molecular weight excluding hydrogens is 326 g/mol. The number of carbonyl (C=O) groups excluding carboxylic acids is 1. The Morgan fingerprint density at radius 2 is 1.81 bits per heavy atom. The van der Waals surface area contributed by atoms with Crippen molar-refractivity contribution in [3.63, 3.8) is 0 Å². The molecule has 4 nitrogen and oxygen atoms in total. The lowest BCUT2D eigenvalue weighted by Crippen LogP contribution is -2.22. The third-order valence-electron chi connectivity index (χ3n) is 4.44. The largest absolute Gasteiger partial charge is 0.497 e. The van der Waals surface area contributed by atoms with Gasteiger partial charge in [-0.1, -0.05) is 36.4 Å². The average Bonchev–Trinajstić information content (AvgIpc) is 2.67. The predicted octanol–water partition coefficient (Wildman–Crippen LogP) is 4.20. The summed E-state index contributed by atoms with van der Waals surface area (Å²) in [6.07, 6.45) is 0.751. The average molecular weight is 349 g/mol. The normalized spacial score (nSPS) is 10.6. The molecule has 0 saturated carbocycles. The van der Waals surface area contributed by atoms with Crippen molar-refractivity contribution >= 4 is 16.7 Å². The summed E-state index contributed by atoms with van der Waals surface area (Å²) in [6, 6.07) is 18.3. The number of carbonyl (C=O) groups is 1. The molecule has 0 radical (unpaired) electrons. The second kappa shape index (κ2) is 7.91. The van der Waals surface area contributed by atoms with Gasteiger partial charge in [0.2, 0.25) is 5.91 Å². The van der Waals surface area contributed by atoms with E-state index < -0.39 is 0 Å². The summed E-state index contributed by atoms with van der Waals surface area (Å²) in [6.45, 7) is 2.14. The molecule has 0 aliphatic rings. The van der Waals surface area contributed by atoms with Crippen molar-refractivity contribution < 1.29 is 14.3 Å². The van der Waals surface area contributed by atoms with Gasteiger partial charge in [-0.3, -0.25) is 4.79 Å². The molecule has 3 aromatic carbocycles. The Hall–Kier alpha value is -3.01. The van der Waals surface area contributed by atoms with Gasteiger partial charge in [-0.05, 0) is 46.5 Å². The number of ether oxygens (including phenoxy) is 2. The summed E-state index contributed by atoms with van der Waals surface area (Å²) >= 11 is 0. The van der Waals surface area contributed by atoms with Crippen molar-refractivity contribution in [2.75, 3.05) is 20.8 Å². The van der Waals surface area contributed by atoms with E-state index in [1.807, 2.05) is 30.3 Å². The molecular formula is C22H23NO3. The van der Waals surface area contributed by atoms with Gasteiger partial charge in [0.15, 0.2) is 0 Å². The van der Waals surface area contributed by atoms with E-state index in [0.29, 0.717) is 6.54 Å². The van der Waals surface area contributed by atoms with Crippen LogP contribution in [0.1, 0.15) is 12.5 Å². The molecule has 0 unspecified atom stereocenters. The topological polar surface area (TPSA) is 47.6 Å². The van der Waals surface area contributed by atoms with E-state index in [9.17, 15) is 4.79 Å². The van der Waals surface area contributed by atoms with E-state index in [-0.39, 0.29) is 5.91 Å². The fourth-order valence-electron chi connectivity index (χ4n) is 3.25. The molecule has 4 heteroatoms. The monoisotopic (exact) mass is 349 g/mol. The molecule has 0 aliphatic carbocycles. The maximum absolute atomic E-state index is 11.2. The molecule has 0 aromatic heterocycles. The number of fused-ring (bicyclic) bond motifs is 1. The van der Waals surface area contributed by atoms with Gasteiger partial charge in [0.25, 0.3) is 0 Å². The van der Waals surface area contributed by atoms with Crippen molar-refractivity contribution in [1.82, 2.24) is 5.32 Å². The highest BCUT2D eigenvalue weighted by atomic mass is 16.5. The summed E-state index contributed by atoms with van der Waals surface area (Å²) in [4.78, 5) is 11.2. The highest BCUT2D eigenvalue weighted by Gasteiger charge is 2.14. The molecule has 1 amide bonds. The summed E-state index contributed by atoms with van der Waals surface area (Å²) in [5.41, 5.74) is 3.26. The third kappa shape index (κ3) is 3.64. The van der Waals surface area contributed by atoms with Gasteiger partial charge in [-0.15, -0.1) is 0 Å². The number of benzene rings is 3. The second-order valence-electron chi connectivity index (χ2n) is 6.12. The number of rotatable bonds is 6. The second-order valence-corrected chi connectivity index (χ2v) is 6.12. The Morgan fingerprint density at radius 3 is 2.54 bits per heavy atom. The molecule has 1 N–H and O–H groups in total. The summed E-state index contributed by atoms with van der Waals surface area (Å²) in [5.74, 6) is 1.60. The number of amides is 1. The van der Waals surface area contributed by atoms with Crippen molar-refractivity contribution in [3.8, 4) is 22.6 Å². The highest BCUT2D eigenvalue weighted by Crippen LogP contribution is 2.39. The number of hydrogen-bond acceptors (Lipinski definition) is 3. The zero-order valence-corrected chi connectivity index (χ0v) is 15.3. The number of hydrogen-bond donors (Lipinski definition) is 1. The van der Waals surface area contributed by atoms with E-state index >= 15 is 0 Å². The molecule has 3 rings (SSSR count). The first-order valence-corrected chi connectivity index (χ1v) is 8.61. The van der Waals surface area contributed by atoms with Crippen molar-refractivity contribution in [2.24, 2.45) is 0 Å². The van der Waals surface area contributed by atoms with Crippen LogP contribution in [0, 0.1) is 0 Å². The minimum absolute atomic E-state index is 0.0177. The SMILES string of the molecule is COc1cccc(-c2c(OC)ccc3cccc(CCNC(C)=O)c23)c1. The molecule has 0 heterocycles. The molecule has 3 aromatic rings. The van der Waals surface area contributed by atoms with Gasteiger partial charge >= 0.3 is 0 Å². The minimum Gasteiger partial charge on any atom is -0.497 e. The molecule has 0 spiro atoms. The van der Waals surface area contributed by atoms with Gasteiger partial charge in [0.05, 0.1) is 14.2 Å². The van der Waals surface area contributed by atoms with Crippen LogP contribution in [-0.4, -0.2) is 26.7 Å². The van der Waals surface area contributed by atoms with Crippen LogP contribution in [0.4, 0.5) is 0 Å². The van der Waals surface area contributed by atoms with Crippen molar-refractivity contribution in [2.45, 2.75) is 13.3 Å². The molecule has 0 atom stereocenters. The molecule has 134 valence electrons. The zero-order valence-electron chi connectivity index (χ0n) is 15.3. The maximum atomic E-state index is 11.2. The van der Waals surface area contributed by atoms with Gasteiger partial charge in [0, 0.05) is 19.0 Å². The molecule has 0 aliphatic heterocycles. The smallest absolute Gasteiger partial charge is 0.216 e. The lowest BCUT2D eigenvalue weighted by Gasteiger charge is -2.16. The van der Waals surface area contributed by atoms with Gasteiger partial charge < -0.3 is 14.8 Å². The van der Waals surface area contributed by atoms with Crippen LogP contribution >= 0.6 is 0 Å². The minimum atomic E-state index is -0.0177. The van der Waals surface area contributed by atoms with Crippen LogP contribution in [0.15, 0.2) is 54.6 Å². The summed E-state index contributed by atoms with van der Waals surface area (Å²) < 4.78 is 11.1. The van der Waals surface area contributed by atoms with Crippen molar-refractivity contribution in [3.05, 3.63) is 60.2 Å². The number of nitrogens with one attached hydrogen (secondary N) is 1. The fraction of sp³-hybridized carbons (Fsp3) is 0.227. The lowest BCUT2D eigenvalue weighted by atomic mass is 9.92. The van der Waals surface area contributed by atoms with Crippen LogP contribution < -0.4 is 14.8 Å². The Labute approximate surface area is 153 Å². The van der Waals surface area contributed by atoms with Crippen LogP contribution in [0.2, 0.25) is 0 Å². The third-order valence-corrected chi connectivity index (χ3v) is 4.44. The van der Waals surface area contributed by atoms with Crippen LogP contribution in [0.25, 0.3) is 21.9 Å². The maximum Gasteiger partial charge on any atom is 0.216 e. The van der Waals surface area contributed by atoms with E-state index in [0.717, 1.165) is 39.8 Å². The van der Waals surface area contributed by atoms with Crippen LogP contribution in [0.3, 0.4) is 0 Å².